The molecule has 2 aromatic carbocycles. The van der Waals surface area contributed by atoms with E-state index in [-0.39, 0.29) is 5.82 Å². The lowest BCUT2D eigenvalue weighted by molar-refractivity contribution is 0.172. The average molecular weight is 383 g/mol. The lowest BCUT2D eigenvalue weighted by atomic mass is 10.1. The second-order valence-electron chi connectivity index (χ2n) is 6.99. The van der Waals surface area contributed by atoms with Crippen molar-refractivity contribution >= 4 is 12.2 Å². The molecule has 6 heteroatoms. The minimum absolute atomic E-state index is 0.254. The molecule has 1 saturated heterocycles. The quantitative estimate of drug-likeness (QED) is 0.604. The zero-order valence-electron chi connectivity index (χ0n) is 15.2. The van der Waals surface area contributed by atoms with E-state index in [0.717, 1.165) is 24.6 Å². The van der Waals surface area contributed by atoms with Crippen molar-refractivity contribution in [3.8, 4) is 5.69 Å². The van der Waals surface area contributed by atoms with Crippen LogP contribution in [0.2, 0.25) is 0 Å². The van der Waals surface area contributed by atoms with Crippen LogP contribution >= 0.6 is 12.2 Å². The summed E-state index contributed by atoms with van der Waals surface area (Å²) < 4.78 is 17.9. The fourth-order valence-electron chi connectivity index (χ4n) is 3.58. The van der Waals surface area contributed by atoms with Crippen LogP contribution in [-0.2, 0) is 13.1 Å². The summed E-state index contributed by atoms with van der Waals surface area (Å²) in [4.78, 5) is 2.40. The molecule has 2 heterocycles. The van der Waals surface area contributed by atoms with Crippen LogP contribution in [0.15, 0.2) is 54.6 Å². The Hall–Kier alpha value is -2.31. The van der Waals surface area contributed by atoms with Gasteiger partial charge in [0.25, 0.3) is 0 Å². The first-order valence-corrected chi connectivity index (χ1v) is 9.82. The van der Waals surface area contributed by atoms with E-state index in [4.69, 9.17) is 17.3 Å². The number of likely N-dealkylation sites (tertiary alicyclic amines) is 1. The van der Waals surface area contributed by atoms with Crippen LogP contribution in [0, 0.1) is 10.6 Å². The highest BCUT2D eigenvalue weighted by Crippen LogP contribution is 2.18. The fraction of sp³-hybridized carbons (Fsp3) is 0.333. The highest BCUT2D eigenvalue weighted by Gasteiger charge is 2.17. The van der Waals surface area contributed by atoms with Gasteiger partial charge in [0.2, 0.25) is 4.77 Å². The molecule has 0 bridgehead atoms. The summed E-state index contributed by atoms with van der Waals surface area (Å²) >= 11 is 5.76. The fourth-order valence-corrected chi connectivity index (χ4v) is 3.89. The third-order valence-corrected chi connectivity index (χ3v) is 5.37. The third-order valence-electron chi connectivity index (χ3n) is 4.98. The maximum atomic E-state index is 13.4. The Labute approximate surface area is 163 Å². The molecule has 27 heavy (non-hydrogen) atoms. The van der Waals surface area contributed by atoms with Crippen molar-refractivity contribution in [3.05, 3.63) is 76.6 Å². The molecule has 0 spiro atoms. The Morgan fingerprint density at radius 3 is 2.33 bits per heavy atom. The Balaban J connectivity index is 1.71. The molecule has 1 aliphatic rings. The standard InChI is InChI=1S/C21H23FN4S/c22-18-9-11-19(12-10-18)26-20(15-17-7-3-1-4-8-17)23-25(21(26)27)16-24-13-5-2-6-14-24/h1,3-4,7-12H,2,5-6,13-16H2. The number of hydrogen-bond donors (Lipinski definition) is 0. The molecule has 0 aliphatic carbocycles. The van der Waals surface area contributed by atoms with Gasteiger partial charge in [-0.1, -0.05) is 36.8 Å². The van der Waals surface area contributed by atoms with Crippen LogP contribution in [0.25, 0.3) is 5.69 Å². The summed E-state index contributed by atoms with van der Waals surface area (Å²) in [6.07, 6.45) is 4.42. The van der Waals surface area contributed by atoms with Gasteiger partial charge >= 0.3 is 0 Å². The molecular weight excluding hydrogens is 359 g/mol. The van der Waals surface area contributed by atoms with E-state index in [2.05, 4.69) is 17.0 Å². The molecule has 140 valence electrons. The molecule has 4 rings (SSSR count). The summed E-state index contributed by atoms with van der Waals surface area (Å²) in [5.41, 5.74) is 2.02. The van der Waals surface area contributed by atoms with Gasteiger partial charge in [-0.15, -0.1) is 0 Å². The summed E-state index contributed by atoms with van der Waals surface area (Å²) in [5.74, 6) is 0.616. The molecular formula is C21H23FN4S. The van der Waals surface area contributed by atoms with E-state index in [1.165, 1.54) is 37.0 Å². The Bertz CT molecular complexity index is 941. The molecule has 0 N–H and O–H groups in total. The van der Waals surface area contributed by atoms with Crippen molar-refractivity contribution in [3.63, 3.8) is 0 Å². The van der Waals surface area contributed by atoms with Crippen LogP contribution in [0.5, 0.6) is 0 Å². The Morgan fingerprint density at radius 1 is 0.926 bits per heavy atom. The van der Waals surface area contributed by atoms with Gasteiger partial charge in [0.05, 0.1) is 6.67 Å². The summed E-state index contributed by atoms with van der Waals surface area (Å²) in [6.45, 7) is 2.87. The van der Waals surface area contributed by atoms with E-state index in [1.807, 2.05) is 27.4 Å². The molecule has 1 aliphatic heterocycles. The zero-order chi connectivity index (χ0) is 18.6. The van der Waals surface area contributed by atoms with Gasteiger partial charge in [-0.05, 0) is 68.0 Å². The third kappa shape index (κ3) is 4.17. The van der Waals surface area contributed by atoms with Gasteiger partial charge in [0, 0.05) is 12.1 Å². The molecule has 0 unspecified atom stereocenters. The number of benzene rings is 2. The highest BCUT2D eigenvalue weighted by molar-refractivity contribution is 7.71. The number of halogens is 1. The molecule has 0 atom stereocenters. The van der Waals surface area contributed by atoms with Crippen LogP contribution in [0.4, 0.5) is 4.39 Å². The maximum Gasteiger partial charge on any atom is 0.203 e. The minimum Gasteiger partial charge on any atom is -0.284 e. The van der Waals surface area contributed by atoms with Gasteiger partial charge in [-0.25, -0.2) is 9.07 Å². The van der Waals surface area contributed by atoms with Crippen molar-refractivity contribution in [2.75, 3.05) is 13.1 Å². The first-order valence-electron chi connectivity index (χ1n) is 9.42. The summed E-state index contributed by atoms with van der Waals surface area (Å²) in [6, 6.07) is 16.7. The Kier molecular flexibility index (Phi) is 5.45. The average Bonchev–Trinajstić information content (AvgIpc) is 2.99. The topological polar surface area (TPSA) is 26.0 Å². The number of hydrogen-bond acceptors (Lipinski definition) is 3. The van der Waals surface area contributed by atoms with E-state index in [0.29, 0.717) is 17.9 Å². The number of piperidine rings is 1. The number of rotatable bonds is 5. The molecule has 4 nitrogen and oxygen atoms in total. The first-order chi connectivity index (χ1) is 13.2. The molecule has 1 fully saturated rings. The van der Waals surface area contributed by atoms with Gasteiger partial charge < -0.3 is 0 Å². The van der Waals surface area contributed by atoms with Crippen molar-refractivity contribution in [1.82, 2.24) is 19.2 Å². The number of nitrogens with zero attached hydrogens (tertiary/aromatic N) is 4. The van der Waals surface area contributed by atoms with Crippen LogP contribution in [-0.4, -0.2) is 32.3 Å². The maximum absolute atomic E-state index is 13.4. The van der Waals surface area contributed by atoms with E-state index in [9.17, 15) is 4.39 Å². The van der Waals surface area contributed by atoms with Gasteiger partial charge in [0.1, 0.15) is 11.6 Å². The lowest BCUT2D eigenvalue weighted by Crippen LogP contribution is -2.32. The van der Waals surface area contributed by atoms with Crippen molar-refractivity contribution in [1.29, 1.82) is 0 Å². The van der Waals surface area contributed by atoms with Crippen molar-refractivity contribution in [2.45, 2.75) is 32.4 Å². The summed E-state index contributed by atoms with van der Waals surface area (Å²) in [7, 11) is 0. The van der Waals surface area contributed by atoms with E-state index < -0.39 is 0 Å². The van der Waals surface area contributed by atoms with Gasteiger partial charge in [0.15, 0.2) is 0 Å². The minimum atomic E-state index is -0.254. The van der Waals surface area contributed by atoms with E-state index >= 15 is 0 Å². The molecule has 0 saturated carbocycles. The second-order valence-corrected chi connectivity index (χ2v) is 7.36. The zero-order valence-corrected chi connectivity index (χ0v) is 16.0. The van der Waals surface area contributed by atoms with Gasteiger partial charge in [-0.3, -0.25) is 9.47 Å². The molecule has 3 aromatic rings. The van der Waals surface area contributed by atoms with Crippen molar-refractivity contribution < 1.29 is 4.39 Å². The van der Waals surface area contributed by atoms with Gasteiger partial charge in [-0.2, -0.15) is 5.10 Å². The van der Waals surface area contributed by atoms with Crippen LogP contribution in [0.1, 0.15) is 30.7 Å². The monoisotopic (exact) mass is 382 g/mol. The molecule has 0 amide bonds. The summed E-state index contributed by atoms with van der Waals surface area (Å²) in [5, 5.41) is 4.84. The predicted octanol–water partition coefficient (Wildman–Crippen LogP) is 4.58. The second kappa shape index (κ2) is 8.15. The van der Waals surface area contributed by atoms with E-state index in [1.54, 1.807) is 12.1 Å². The number of aromatic nitrogens is 3. The largest absolute Gasteiger partial charge is 0.284 e. The smallest absolute Gasteiger partial charge is 0.203 e. The first kappa shape index (κ1) is 18.1. The van der Waals surface area contributed by atoms with Crippen LogP contribution in [0.3, 0.4) is 0 Å². The lowest BCUT2D eigenvalue weighted by Gasteiger charge is -2.25. The molecule has 1 aromatic heterocycles. The SMILES string of the molecule is Fc1ccc(-n2c(Cc3ccccc3)nn(CN3CCCCC3)c2=S)cc1. The highest BCUT2D eigenvalue weighted by atomic mass is 32.1. The normalized spacial score (nSPS) is 15.1. The molecule has 0 radical (unpaired) electrons. The predicted molar refractivity (Wildman–Crippen MR) is 107 cm³/mol. The van der Waals surface area contributed by atoms with Crippen molar-refractivity contribution in [2.24, 2.45) is 0 Å². The van der Waals surface area contributed by atoms with Crippen LogP contribution < -0.4 is 0 Å². The Morgan fingerprint density at radius 2 is 1.63 bits per heavy atom.